The van der Waals surface area contributed by atoms with Gasteiger partial charge in [-0.3, -0.25) is 4.79 Å². The van der Waals surface area contributed by atoms with Gasteiger partial charge in [0, 0.05) is 7.05 Å². The van der Waals surface area contributed by atoms with Crippen LogP contribution in [0.5, 0.6) is 0 Å². The van der Waals surface area contributed by atoms with Gasteiger partial charge in [0.2, 0.25) is 5.91 Å². The zero-order valence-electron chi connectivity index (χ0n) is 9.38. The van der Waals surface area contributed by atoms with Crippen molar-refractivity contribution in [2.45, 2.75) is 31.0 Å². The summed E-state index contributed by atoms with van der Waals surface area (Å²) in [5.74, 6) is -2.77. The van der Waals surface area contributed by atoms with Gasteiger partial charge in [0.15, 0.2) is 12.1 Å². The molecular weight excluding hydrogens is 228 g/mol. The summed E-state index contributed by atoms with van der Waals surface area (Å²) in [4.78, 5) is 38.7. The molecule has 2 N–H and O–H groups in total. The summed E-state index contributed by atoms with van der Waals surface area (Å²) >= 11 is 0. The Balaban J connectivity index is 2.05. The van der Waals surface area contributed by atoms with Crippen LogP contribution in [0.4, 0.5) is 0 Å². The number of hydrogen-bond donors (Lipinski definition) is 2. The van der Waals surface area contributed by atoms with E-state index in [4.69, 9.17) is 0 Å². The van der Waals surface area contributed by atoms with Gasteiger partial charge < -0.3 is 20.1 Å². The Labute approximate surface area is 97.7 Å². The lowest BCUT2D eigenvalue weighted by Crippen LogP contribution is -2.57. The van der Waals surface area contributed by atoms with Crippen molar-refractivity contribution in [3.8, 4) is 0 Å². The van der Waals surface area contributed by atoms with Crippen LogP contribution in [-0.4, -0.2) is 47.1 Å². The molecule has 0 aromatic carbocycles. The molecule has 0 aromatic heterocycles. The van der Waals surface area contributed by atoms with E-state index in [1.807, 2.05) is 0 Å². The minimum Gasteiger partial charge on any atom is -0.374 e. The highest BCUT2D eigenvalue weighted by Gasteiger charge is 2.48. The van der Waals surface area contributed by atoms with Crippen molar-refractivity contribution in [2.24, 2.45) is 5.92 Å². The molecular formula is C10H14N2O5. The summed E-state index contributed by atoms with van der Waals surface area (Å²) in [6.45, 7) is 0. The highest BCUT2D eigenvalue weighted by Crippen LogP contribution is 2.31. The average Bonchev–Trinajstić information content (AvgIpc) is 2.47. The summed E-state index contributed by atoms with van der Waals surface area (Å²) in [5, 5.41) is 13.0. The molecule has 2 rings (SSSR count). The van der Waals surface area contributed by atoms with Gasteiger partial charge in [-0.2, -0.15) is 0 Å². The first-order valence-corrected chi connectivity index (χ1v) is 5.40. The maximum Gasteiger partial charge on any atom is 0.341 e. The van der Waals surface area contributed by atoms with Gasteiger partial charge in [-0.05, 0) is 19.3 Å². The first kappa shape index (κ1) is 12.0. The molecule has 2 unspecified atom stereocenters. The number of carbonyl (C=O) groups is 3. The maximum atomic E-state index is 11.8. The second kappa shape index (κ2) is 4.08. The molecule has 7 heteroatoms. The second-order valence-corrected chi connectivity index (χ2v) is 4.46. The highest BCUT2D eigenvalue weighted by atomic mass is 16.7. The van der Waals surface area contributed by atoms with Gasteiger partial charge in [0.25, 0.3) is 0 Å². The minimum absolute atomic E-state index is 0.565. The van der Waals surface area contributed by atoms with Crippen molar-refractivity contribution in [2.75, 3.05) is 7.05 Å². The molecule has 0 radical (unpaired) electrons. The van der Waals surface area contributed by atoms with E-state index in [9.17, 15) is 19.5 Å². The highest BCUT2D eigenvalue weighted by molar-refractivity contribution is 6.00. The van der Waals surface area contributed by atoms with Crippen LogP contribution in [0.1, 0.15) is 19.3 Å². The average molecular weight is 242 g/mol. The van der Waals surface area contributed by atoms with Gasteiger partial charge in [-0.1, -0.05) is 0 Å². The van der Waals surface area contributed by atoms with Crippen LogP contribution >= 0.6 is 0 Å². The standard InChI is InChI=1S/C10H14N2O5/c1-12-8(15)6(9(16)17-12)7(14)11-10(5-13)3-2-4-10/h5-6,8,15H,2-4H2,1H3,(H,11,14). The molecule has 1 amide bonds. The quantitative estimate of drug-likeness (QED) is 0.465. The predicted octanol–water partition coefficient (Wildman–Crippen LogP) is -1.44. The zero-order chi connectivity index (χ0) is 12.6. The van der Waals surface area contributed by atoms with Gasteiger partial charge in [0.1, 0.15) is 6.29 Å². The molecule has 17 heavy (non-hydrogen) atoms. The van der Waals surface area contributed by atoms with Crippen molar-refractivity contribution in [1.29, 1.82) is 0 Å². The molecule has 2 fully saturated rings. The van der Waals surface area contributed by atoms with Crippen LogP contribution in [-0.2, 0) is 19.2 Å². The van der Waals surface area contributed by atoms with Crippen LogP contribution in [0.3, 0.4) is 0 Å². The van der Waals surface area contributed by atoms with E-state index in [0.717, 1.165) is 11.5 Å². The lowest BCUT2D eigenvalue weighted by Gasteiger charge is -2.37. The summed E-state index contributed by atoms with van der Waals surface area (Å²) in [6, 6.07) is 0. The Kier molecular flexibility index (Phi) is 2.88. The van der Waals surface area contributed by atoms with Crippen molar-refractivity contribution in [1.82, 2.24) is 10.4 Å². The molecule has 1 aliphatic carbocycles. The van der Waals surface area contributed by atoms with Crippen LogP contribution in [0.25, 0.3) is 0 Å². The summed E-state index contributed by atoms with van der Waals surface area (Å²) in [6.07, 6.45) is 1.36. The topological polar surface area (TPSA) is 95.9 Å². The summed E-state index contributed by atoms with van der Waals surface area (Å²) < 4.78 is 0. The Hall–Kier alpha value is -1.47. The summed E-state index contributed by atoms with van der Waals surface area (Å²) in [5.41, 5.74) is -0.863. The Bertz CT molecular complexity index is 366. The number of amides is 1. The molecule has 2 aliphatic rings. The number of hydrogen-bond acceptors (Lipinski definition) is 6. The Morgan fingerprint density at radius 1 is 1.65 bits per heavy atom. The van der Waals surface area contributed by atoms with E-state index in [1.165, 1.54) is 7.05 Å². The van der Waals surface area contributed by atoms with Crippen LogP contribution < -0.4 is 5.32 Å². The Morgan fingerprint density at radius 2 is 2.29 bits per heavy atom. The number of aliphatic hydroxyl groups is 1. The third-order valence-electron chi connectivity index (χ3n) is 3.28. The fourth-order valence-corrected chi connectivity index (χ4v) is 1.98. The lowest BCUT2D eigenvalue weighted by atomic mass is 9.77. The number of hydroxylamine groups is 2. The smallest absolute Gasteiger partial charge is 0.341 e. The SMILES string of the molecule is CN1OC(=O)C(C(=O)NC2(C=O)CCC2)C1O. The van der Waals surface area contributed by atoms with E-state index >= 15 is 0 Å². The number of aliphatic hydroxyl groups excluding tert-OH is 1. The van der Waals surface area contributed by atoms with Gasteiger partial charge in [0.05, 0.1) is 5.54 Å². The van der Waals surface area contributed by atoms with Crippen molar-refractivity contribution in [3.63, 3.8) is 0 Å². The number of aldehydes is 1. The number of nitrogens with zero attached hydrogens (tertiary/aromatic N) is 1. The van der Waals surface area contributed by atoms with E-state index in [0.29, 0.717) is 19.1 Å². The molecule has 7 nitrogen and oxygen atoms in total. The molecule has 0 aromatic rings. The largest absolute Gasteiger partial charge is 0.374 e. The van der Waals surface area contributed by atoms with Gasteiger partial charge in [-0.15, -0.1) is 5.06 Å². The Morgan fingerprint density at radius 3 is 2.65 bits per heavy atom. The first-order chi connectivity index (χ1) is 7.99. The monoisotopic (exact) mass is 242 g/mol. The fourth-order valence-electron chi connectivity index (χ4n) is 1.98. The lowest BCUT2D eigenvalue weighted by molar-refractivity contribution is -0.183. The van der Waals surface area contributed by atoms with E-state index in [1.54, 1.807) is 0 Å². The third kappa shape index (κ3) is 1.91. The van der Waals surface area contributed by atoms with Crippen LogP contribution in [0, 0.1) is 5.92 Å². The van der Waals surface area contributed by atoms with Crippen molar-refractivity contribution in [3.05, 3.63) is 0 Å². The normalized spacial score (nSPS) is 31.5. The van der Waals surface area contributed by atoms with Gasteiger partial charge in [-0.25, -0.2) is 4.79 Å². The first-order valence-electron chi connectivity index (χ1n) is 5.40. The number of rotatable bonds is 3. The van der Waals surface area contributed by atoms with Gasteiger partial charge >= 0.3 is 5.97 Å². The summed E-state index contributed by atoms with van der Waals surface area (Å²) in [7, 11) is 1.36. The van der Waals surface area contributed by atoms with E-state index in [-0.39, 0.29) is 0 Å². The maximum absolute atomic E-state index is 11.8. The molecule has 94 valence electrons. The third-order valence-corrected chi connectivity index (χ3v) is 3.28. The molecule has 1 saturated carbocycles. The number of carbonyl (C=O) groups excluding carboxylic acids is 3. The van der Waals surface area contributed by atoms with Crippen molar-refractivity contribution >= 4 is 18.2 Å². The molecule has 1 saturated heterocycles. The second-order valence-electron chi connectivity index (χ2n) is 4.46. The molecule has 1 heterocycles. The molecule has 2 atom stereocenters. The predicted molar refractivity (Wildman–Crippen MR) is 54.1 cm³/mol. The molecule has 0 spiro atoms. The fraction of sp³-hybridized carbons (Fsp3) is 0.700. The van der Waals surface area contributed by atoms with E-state index in [2.05, 4.69) is 10.2 Å². The minimum atomic E-state index is -1.31. The van der Waals surface area contributed by atoms with Crippen LogP contribution in [0.15, 0.2) is 0 Å². The molecule has 1 aliphatic heterocycles. The van der Waals surface area contributed by atoms with Crippen LogP contribution in [0.2, 0.25) is 0 Å². The zero-order valence-corrected chi connectivity index (χ0v) is 9.38. The molecule has 0 bridgehead atoms. The van der Waals surface area contributed by atoms with E-state index < -0.39 is 29.6 Å². The van der Waals surface area contributed by atoms with Crippen molar-refractivity contribution < 1.29 is 24.3 Å². The number of nitrogens with one attached hydrogen (secondary N) is 1.